The topological polar surface area (TPSA) is 40.7 Å². The van der Waals surface area contributed by atoms with Crippen molar-refractivity contribution in [3.8, 4) is 0 Å². The third-order valence-corrected chi connectivity index (χ3v) is 2.61. The molecule has 1 heterocycles. The van der Waals surface area contributed by atoms with Gasteiger partial charge in [0.15, 0.2) is 0 Å². The van der Waals surface area contributed by atoms with Crippen molar-refractivity contribution in [2.75, 3.05) is 5.32 Å². The van der Waals surface area contributed by atoms with Gasteiger partial charge in [0, 0.05) is 17.4 Å². The molecule has 3 nitrogen and oxygen atoms in total. The Kier molecular flexibility index (Phi) is 3.27. The average Bonchev–Trinajstić information content (AvgIpc) is 2.82. The molecule has 1 aromatic carbocycles. The monoisotopic (exact) mass is 255 g/mol. The van der Waals surface area contributed by atoms with Crippen molar-refractivity contribution >= 4 is 5.69 Å². The first-order valence-corrected chi connectivity index (χ1v) is 5.39. The highest BCUT2D eigenvalue weighted by Gasteiger charge is 2.29. The molecule has 0 radical (unpaired) electrons. The lowest BCUT2D eigenvalue weighted by Crippen LogP contribution is -2.07. The number of nitrogens with one attached hydrogen (secondary N) is 2. The first-order chi connectivity index (χ1) is 8.47. The second-order valence-electron chi connectivity index (χ2n) is 3.97. The summed E-state index contributed by atoms with van der Waals surface area (Å²) in [5, 5.41) is 9.60. The normalized spacial score (nSPS) is 13.3. The zero-order valence-corrected chi connectivity index (χ0v) is 9.62. The lowest BCUT2D eigenvalue weighted by atomic mass is 10.1. The van der Waals surface area contributed by atoms with E-state index in [4.69, 9.17) is 0 Å². The first kappa shape index (κ1) is 12.5. The molecular weight excluding hydrogens is 243 g/mol. The molecule has 2 N–H and O–H groups in total. The number of hydrogen-bond acceptors (Lipinski definition) is 2. The number of halogens is 3. The molecule has 0 amide bonds. The highest BCUT2D eigenvalue weighted by Crippen LogP contribution is 2.30. The van der Waals surface area contributed by atoms with Crippen LogP contribution in [0.15, 0.2) is 36.7 Å². The maximum Gasteiger partial charge on any atom is 0.416 e. The summed E-state index contributed by atoms with van der Waals surface area (Å²) in [4.78, 5) is 0. The minimum absolute atomic E-state index is 0.0273. The molecule has 18 heavy (non-hydrogen) atoms. The number of H-pyrrole nitrogens is 1. The van der Waals surface area contributed by atoms with Crippen LogP contribution >= 0.6 is 0 Å². The molecule has 1 atom stereocenters. The van der Waals surface area contributed by atoms with E-state index < -0.39 is 11.7 Å². The maximum atomic E-state index is 12.4. The smallest absolute Gasteiger partial charge is 0.378 e. The Hall–Kier alpha value is -1.98. The van der Waals surface area contributed by atoms with Crippen LogP contribution in [-0.2, 0) is 6.18 Å². The van der Waals surface area contributed by atoms with Crippen molar-refractivity contribution in [2.24, 2.45) is 0 Å². The number of nitrogens with zero attached hydrogens (tertiary/aromatic N) is 1. The van der Waals surface area contributed by atoms with Crippen molar-refractivity contribution in [1.29, 1.82) is 0 Å². The minimum atomic E-state index is -4.30. The summed E-state index contributed by atoms with van der Waals surface area (Å²) in [6.45, 7) is 1.91. The van der Waals surface area contributed by atoms with Gasteiger partial charge in [-0.1, -0.05) is 0 Å². The SMILES string of the molecule is CC(Nc1ccc(C(F)(F)F)cc1)c1cn[nH]c1. The summed E-state index contributed by atoms with van der Waals surface area (Å²) in [7, 11) is 0. The maximum absolute atomic E-state index is 12.4. The number of hydrogen-bond donors (Lipinski definition) is 2. The largest absolute Gasteiger partial charge is 0.416 e. The van der Waals surface area contributed by atoms with E-state index in [2.05, 4.69) is 15.5 Å². The van der Waals surface area contributed by atoms with Gasteiger partial charge in [0.05, 0.1) is 17.8 Å². The molecule has 0 aliphatic rings. The van der Waals surface area contributed by atoms with E-state index in [1.54, 1.807) is 12.4 Å². The predicted octanol–water partition coefficient (Wildman–Crippen LogP) is 3.60. The van der Waals surface area contributed by atoms with Gasteiger partial charge in [0.1, 0.15) is 0 Å². The van der Waals surface area contributed by atoms with Crippen LogP contribution in [0.25, 0.3) is 0 Å². The molecule has 6 heteroatoms. The second kappa shape index (κ2) is 4.72. The second-order valence-corrected chi connectivity index (χ2v) is 3.97. The van der Waals surface area contributed by atoms with Crippen LogP contribution in [0, 0.1) is 0 Å². The number of benzene rings is 1. The number of aromatic nitrogens is 2. The van der Waals surface area contributed by atoms with E-state index in [0.717, 1.165) is 17.7 Å². The summed E-state index contributed by atoms with van der Waals surface area (Å²) >= 11 is 0. The zero-order valence-electron chi connectivity index (χ0n) is 9.62. The number of anilines is 1. The Morgan fingerprint density at radius 3 is 2.39 bits per heavy atom. The molecule has 0 aliphatic heterocycles. The molecule has 0 saturated carbocycles. The fourth-order valence-electron chi connectivity index (χ4n) is 1.59. The third kappa shape index (κ3) is 2.82. The quantitative estimate of drug-likeness (QED) is 0.879. The van der Waals surface area contributed by atoms with Crippen LogP contribution in [0.2, 0.25) is 0 Å². The molecule has 0 spiro atoms. The summed E-state index contributed by atoms with van der Waals surface area (Å²) < 4.78 is 37.1. The Morgan fingerprint density at radius 2 is 1.89 bits per heavy atom. The van der Waals surface area contributed by atoms with Gasteiger partial charge in [-0.2, -0.15) is 18.3 Å². The van der Waals surface area contributed by atoms with Crippen LogP contribution < -0.4 is 5.32 Å². The standard InChI is InChI=1S/C12H12F3N3/c1-8(9-6-16-17-7-9)18-11-4-2-10(3-5-11)12(13,14)15/h2-8,18H,1H3,(H,16,17). The van der Waals surface area contributed by atoms with E-state index in [-0.39, 0.29) is 6.04 Å². The van der Waals surface area contributed by atoms with E-state index in [0.29, 0.717) is 5.69 Å². The fraction of sp³-hybridized carbons (Fsp3) is 0.250. The van der Waals surface area contributed by atoms with Crippen LogP contribution in [0.4, 0.5) is 18.9 Å². The van der Waals surface area contributed by atoms with E-state index in [1.165, 1.54) is 12.1 Å². The van der Waals surface area contributed by atoms with Gasteiger partial charge in [0.25, 0.3) is 0 Å². The van der Waals surface area contributed by atoms with Gasteiger partial charge in [-0.15, -0.1) is 0 Å². The van der Waals surface area contributed by atoms with Gasteiger partial charge in [-0.25, -0.2) is 0 Å². The van der Waals surface area contributed by atoms with Crippen molar-refractivity contribution in [2.45, 2.75) is 19.1 Å². The molecule has 96 valence electrons. The van der Waals surface area contributed by atoms with Gasteiger partial charge in [-0.05, 0) is 31.2 Å². The molecular formula is C12H12F3N3. The van der Waals surface area contributed by atoms with Crippen LogP contribution in [-0.4, -0.2) is 10.2 Å². The molecule has 2 aromatic rings. The van der Waals surface area contributed by atoms with Crippen LogP contribution in [0.1, 0.15) is 24.1 Å². The van der Waals surface area contributed by atoms with Gasteiger partial charge < -0.3 is 5.32 Å². The first-order valence-electron chi connectivity index (χ1n) is 5.39. The summed E-state index contributed by atoms with van der Waals surface area (Å²) in [6, 6.07) is 4.92. The summed E-state index contributed by atoms with van der Waals surface area (Å²) in [6.07, 6.45) is -0.891. The highest BCUT2D eigenvalue weighted by molar-refractivity contribution is 5.46. The molecule has 0 saturated heterocycles. The molecule has 1 aromatic heterocycles. The van der Waals surface area contributed by atoms with E-state index in [1.807, 2.05) is 6.92 Å². The average molecular weight is 255 g/mol. The molecule has 1 unspecified atom stereocenters. The van der Waals surface area contributed by atoms with Crippen molar-refractivity contribution in [3.05, 3.63) is 47.8 Å². The Morgan fingerprint density at radius 1 is 1.22 bits per heavy atom. The number of alkyl halides is 3. The fourth-order valence-corrected chi connectivity index (χ4v) is 1.59. The number of aromatic amines is 1. The Labute approximate surface area is 102 Å². The number of rotatable bonds is 3. The summed E-state index contributed by atoms with van der Waals surface area (Å²) in [5.41, 5.74) is 0.926. The molecule has 0 fully saturated rings. The van der Waals surface area contributed by atoms with Crippen LogP contribution in [0.3, 0.4) is 0 Å². The predicted molar refractivity (Wildman–Crippen MR) is 62.1 cm³/mol. The van der Waals surface area contributed by atoms with Crippen molar-refractivity contribution in [1.82, 2.24) is 10.2 Å². The highest BCUT2D eigenvalue weighted by atomic mass is 19.4. The van der Waals surface area contributed by atoms with Crippen molar-refractivity contribution in [3.63, 3.8) is 0 Å². The minimum Gasteiger partial charge on any atom is -0.378 e. The van der Waals surface area contributed by atoms with Gasteiger partial charge in [0.2, 0.25) is 0 Å². The lowest BCUT2D eigenvalue weighted by Gasteiger charge is -2.14. The van der Waals surface area contributed by atoms with Gasteiger partial charge >= 0.3 is 6.18 Å². The molecule has 2 rings (SSSR count). The molecule has 0 aliphatic carbocycles. The lowest BCUT2D eigenvalue weighted by molar-refractivity contribution is -0.137. The third-order valence-electron chi connectivity index (χ3n) is 2.61. The van der Waals surface area contributed by atoms with Gasteiger partial charge in [-0.3, -0.25) is 5.10 Å². The van der Waals surface area contributed by atoms with E-state index in [9.17, 15) is 13.2 Å². The summed E-state index contributed by atoms with van der Waals surface area (Å²) in [5.74, 6) is 0. The van der Waals surface area contributed by atoms with Crippen LogP contribution in [0.5, 0.6) is 0 Å². The van der Waals surface area contributed by atoms with Crippen molar-refractivity contribution < 1.29 is 13.2 Å². The zero-order chi connectivity index (χ0) is 13.2. The van der Waals surface area contributed by atoms with E-state index >= 15 is 0 Å². The molecule has 0 bridgehead atoms. The Balaban J connectivity index is 2.07. The Bertz CT molecular complexity index is 488.